The van der Waals surface area contributed by atoms with Gasteiger partial charge in [0.05, 0.1) is 28.4 Å². The van der Waals surface area contributed by atoms with Crippen LogP contribution in [0.1, 0.15) is 104 Å². The molecule has 0 radical (unpaired) electrons. The van der Waals surface area contributed by atoms with E-state index in [0.717, 1.165) is 41.5 Å². The minimum absolute atomic E-state index is 0.00904. The first-order valence-electron chi connectivity index (χ1n) is 19.3. The van der Waals surface area contributed by atoms with Gasteiger partial charge < -0.3 is 19.4 Å². The molecule has 0 amide bonds. The minimum atomic E-state index is -4.62. The Morgan fingerprint density at radius 2 is 1.88 bits per heavy atom. The summed E-state index contributed by atoms with van der Waals surface area (Å²) in [7, 11) is -4.00. The molecular weight excluding hydrogens is 799 g/mol. The molecule has 8 rings (SSSR count). The first-order chi connectivity index (χ1) is 27.0. The number of hydrogen-bond donors (Lipinski definition) is 2. The molecule has 1 saturated carbocycles. The van der Waals surface area contributed by atoms with Gasteiger partial charge in [0, 0.05) is 36.2 Å². The van der Waals surface area contributed by atoms with Crippen molar-refractivity contribution in [3.8, 4) is 11.3 Å². The average Bonchev–Trinajstić information content (AvgIpc) is 4.00. The van der Waals surface area contributed by atoms with Crippen LogP contribution in [0.2, 0.25) is 5.02 Å². The summed E-state index contributed by atoms with van der Waals surface area (Å²) < 4.78 is 82.7. The van der Waals surface area contributed by atoms with Crippen LogP contribution in [0, 0.1) is 5.41 Å². The quantitative estimate of drug-likeness (QED) is 0.127. The van der Waals surface area contributed by atoms with E-state index >= 15 is 0 Å². The standard InChI is InChI=1S/C43H47ClF3NO7S2/c1-27-6-3-18-41(2)35(17-19-42(41,51)26-48(25-31-7-4-20-54-31)57(52,53)39-8-5-21-56-39)32-13-10-28(22-30(49)12-9-27)23-33(32)40(50)38-16-15-37(55-38)34-24-29(43(45,46)47)11-14-36(34)44/h5-6,8,10-11,13-16,21,23-24,30-31,35,49,51H,3-4,7,9,12,17-20,22,25-26H2,1-2H3/t30-,31+,35-,41-,42+/m0/s1. The second-order valence-corrected chi connectivity index (χ2v) is 19.5. The lowest BCUT2D eigenvalue weighted by Gasteiger charge is -2.46. The first kappa shape index (κ1) is 41.8. The zero-order valence-corrected chi connectivity index (χ0v) is 34.2. The number of aliphatic hydroxyl groups excluding tert-OH is 1. The number of ether oxygens (including phenoxy) is 1. The van der Waals surface area contributed by atoms with Crippen molar-refractivity contribution >= 4 is 38.7 Å². The van der Waals surface area contributed by atoms with Crippen LogP contribution in [-0.4, -0.2) is 66.2 Å². The molecule has 2 fully saturated rings. The van der Waals surface area contributed by atoms with Crippen LogP contribution in [0.4, 0.5) is 13.2 Å². The number of thiophene rings is 1. The van der Waals surface area contributed by atoms with Gasteiger partial charge in [0.15, 0.2) is 5.76 Å². The number of nitrogens with zero attached hydrogens (tertiary/aromatic N) is 1. The summed E-state index contributed by atoms with van der Waals surface area (Å²) in [5.74, 6) is -1.06. The molecule has 3 heterocycles. The molecule has 0 spiro atoms. The van der Waals surface area contributed by atoms with Gasteiger partial charge >= 0.3 is 6.18 Å². The van der Waals surface area contributed by atoms with Gasteiger partial charge in [-0.3, -0.25) is 4.79 Å². The van der Waals surface area contributed by atoms with Gasteiger partial charge in [-0.2, -0.15) is 17.5 Å². The molecule has 57 heavy (non-hydrogen) atoms. The normalized spacial score (nSPS) is 26.1. The summed E-state index contributed by atoms with van der Waals surface area (Å²) in [5.41, 5.74) is -0.662. The monoisotopic (exact) mass is 845 g/mol. The number of fused-ring (bicyclic) bond motifs is 8. The number of carbonyl (C=O) groups is 1. The minimum Gasteiger partial charge on any atom is -0.453 e. The van der Waals surface area contributed by atoms with Gasteiger partial charge in [0.1, 0.15) is 9.97 Å². The lowest BCUT2D eigenvalue weighted by molar-refractivity contribution is -0.137. The van der Waals surface area contributed by atoms with Crippen molar-refractivity contribution in [2.24, 2.45) is 5.41 Å². The first-order valence-corrected chi connectivity index (χ1v) is 22.0. The Balaban J connectivity index is 1.30. The van der Waals surface area contributed by atoms with Gasteiger partial charge in [-0.25, -0.2) is 8.42 Å². The van der Waals surface area contributed by atoms with E-state index in [1.54, 1.807) is 23.6 Å². The smallest absolute Gasteiger partial charge is 0.416 e. The fraction of sp³-hybridized carbons (Fsp3) is 0.465. The van der Waals surface area contributed by atoms with Gasteiger partial charge in [-0.05, 0) is 130 Å². The van der Waals surface area contributed by atoms with Crippen molar-refractivity contribution < 1.29 is 45.8 Å². The van der Waals surface area contributed by atoms with Crippen molar-refractivity contribution in [3.05, 3.63) is 111 Å². The highest BCUT2D eigenvalue weighted by atomic mass is 35.5. The molecule has 4 aliphatic rings. The van der Waals surface area contributed by atoms with E-state index in [2.05, 4.69) is 6.08 Å². The van der Waals surface area contributed by atoms with Crippen LogP contribution in [0.3, 0.4) is 0 Å². The Labute approximate surface area is 340 Å². The maximum Gasteiger partial charge on any atom is 0.416 e. The average molecular weight is 846 g/mol. The molecule has 5 atom stereocenters. The maximum absolute atomic E-state index is 14.6. The van der Waals surface area contributed by atoms with Crippen molar-refractivity contribution in [1.29, 1.82) is 0 Å². The summed E-state index contributed by atoms with van der Waals surface area (Å²) in [6.45, 7) is 4.47. The van der Waals surface area contributed by atoms with E-state index in [-0.39, 0.29) is 63.9 Å². The number of aliphatic hydroxyl groups is 2. The molecule has 8 nitrogen and oxygen atoms in total. The topological polar surface area (TPSA) is 117 Å². The van der Waals surface area contributed by atoms with Gasteiger partial charge in [-0.1, -0.05) is 48.4 Å². The van der Waals surface area contributed by atoms with E-state index in [4.69, 9.17) is 20.8 Å². The fourth-order valence-corrected chi connectivity index (χ4v) is 11.8. The molecule has 2 bridgehead atoms. The van der Waals surface area contributed by atoms with Crippen LogP contribution in [0.15, 0.2) is 86.3 Å². The molecule has 2 aromatic heterocycles. The number of halogens is 4. The number of furan rings is 1. The summed E-state index contributed by atoms with van der Waals surface area (Å²) >= 11 is 7.45. The highest BCUT2D eigenvalue weighted by Gasteiger charge is 2.58. The third-order valence-corrected chi connectivity index (χ3v) is 15.8. The van der Waals surface area contributed by atoms with Gasteiger partial charge in [-0.15, -0.1) is 11.3 Å². The Morgan fingerprint density at radius 1 is 1.07 bits per heavy atom. The zero-order valence-electron chi connectivity index (χ0n) is 31.9. The number of benzene rings is 2. The Kier molecular flexibility index (Phi) is 12.0. The second-order valence-electron chi connectivity index (χ2n) is 16.0. The Bertz CT molecular complexity index is 2230. The number of ketones is 1. The summed E-state index contributed by atoms with van der Waals surface area (Å²) in [6, 6.07) is 14.4. The van der Waals surface area contributed by atoms with E-state index < -0.39 is 50.6 Å². The summed E-state index contributed by atoms with van der Waals surface area (Å²) in [6.07, 6.45) is 1.20. The molecule has 4 aromatic rings. The largest absolute Gasteiger partial charge is 0.453 e. The molecule has 2 aromatic carbocycles. The highest BCUT2D eigenvalue weighted by Crippen LogP contribution is 2.59. The van der Waals surface area contributed by atoms with E-state index in [1.165, 1.54) is 16.4 Å². The van der Waals surface area contributed by atoms with Crippen molar-refractivity contribution in [2.45, 2.75) is 106 Å². The molecule has 3 aliphatic carbocycles. The molecule has 2 N–H and O–H groups in total. The number of carbonyl (C=O) groups excluding carboxylic acids is 1. The number of sulfonamides is 1. The van der Waals surface area contributed by atoms with Crippen LogP contribution >= 0.6 is 22.9 Å². The SMILES string of the molecule is CC1=CCC[C@@]2(C)[C@@H](CC[C@@]2(O)CN(C[C@H]2CCCO2)S(=O)(=O)c2cccs2)c2ccc(cc2C(=O)c2ccc(-c3cc(C(F)(F)F)ccc3Cl)o2)C[C@@H](O)CC1. The van der Waals surface area contributed by atoms with E-state index in [1.807, 2.05) is 26.0 Å². The lowest BCUT2D eigenvalue weighted by atomic mass is 9.65. The third kappa shape index (κ3) is 8.57. The van der Waals surface area contributed by atoms with E-state index in [9.17, 15) is 36.6 Å². The number of alkyl halides is 3. The summed E-state index contributed by atoms with van der Waals surface area (Å²) in [4.78, 5) is 14.6. The Morgan fingerprint density at radius 3 is 2.60 bits per heavy atom. The maximum atomic E-state index is 14.6. The summed E-state index contributed by atoms with van der Waals surface area (Å²) in [5, 5.41) is 25.7. The van der Waals surface area contributed by atoms with E-state index in [0.29, 0.717) is 56.3 Å². The van der Waals surface area contributed by atoms with Crippen molar-refractivity contribution in [1.82, 2.24) is 4.31 Å². The molecule has 306 valence electrons. The number of allylic oxidation sites excluding steroid dienone is 2. The Hall–Kier alpha value is -3.30. The van der Waals surface area contributed by atoms with Crippen LogP contribution in [0.5, 0.6) is 0 Å². The molecule has 1 aliphatic heterocycles. The highest BCUT2D eigenvalue weighted by molar-refractivity contribution is 7.91. The van der Waals surface area contributed by atoms with Gasteiger partial charge in [0.25, 0.3) is 10.0 Å². The molecule has 14 heteroatoms. The third-order valence-electron chi connectivity index (χ3n) is 12.3. The van der Waals surface area contributed by atoms with Crippen LogP contribution in [0.25, 0.3) is 11.3 Å². The predicted molar refractivity (Wildman–Crippen MR) is 213 cm³/mol. The zero-order chi connectivity index (χ0) is 40.8. The van der Waals surface area contributed by atoms with Crippen molar-refractivity contribution in [2.75, 3.05) is 19.7 Å². The number of rotatable bonds is 9. The molecule has 0 unspecified atom stereocenters. The predicted octanol–water partition coefficient (Wildman–Crippen LogP) is 9.82. The van der Waals surface area contributed by atoms with Crippen molar-refractivity contribution in [3.63, 3.8) is 0 Å². The molecular formula is C43H47ClF3NO7S2. The van der Waals surface area contributed by atoms with Crippen LogP contribution in [-0.2, 0) is 27.4 Å². The second kappa shape index (κ2) is 16.4. The molecule has 1 saturated heterocycles. The van der Waals surface area contributed by atoms with Gasteiger partial charge in [0.2, 0.25) is 5.78 Å². The fourth-order valence-electron chi connectivity index (χ4n) is 8.92. The lowest BCUT2D eigenvalue weighted by Crippen LogP contribution is -2.54. The van der Waals surface area contributed by atoms with Crippen LogP contribution < -0.4 is 0 Å². The number of hydrogen-bond acceptors (Lipinski definition) is 8.